The fourth-order valence-corrected chi connectivity index (χ4v) is 3.66. The monoisotopic (exact) mass is 350 g/mol. The molecule has 6 heteroatoms. The molecule has 0 bridgehead atoms. The van der Waals surface area contributed by atoms with Crippen LogP contribution in [0.5, 0.6) is 0 Å². The first-order valence-electron chi connectivity index (χ1n) is 8.14. The van der Waals surface area contributed by atoms with Crippen LogP contribution in [0, 0.1) is 0 Å². The number of carboxylic acids is 2. The summed E-state index contributed by atoms with van der Waals surface area (Å²) in [5, 5.41) is 16.9. The van der Waals surface area contributed by atoms with Gasteiger partial charge < -0.3 is 10.2 Å². The van der Waals surface area contributed by atoms with Crippen LogP contribution in [-0.4, -0.2) is 44.2 Å². The van der Waals surface area contributed by atoms with Crippen molar-refractivity contribution in [3.05, 3.63) is 0 Å². The fraction of sp³-hybridized carbons (Fsp3) is 0.875. The average Bonchev–Trinajstić information content (AvgIpc) is 2.47. The summed E-state index contributed by atoms with van der Waals surface area (Å²) in [5.74, 6) is 0.431. The molecule has 0 saturated heterocycles. The van der Waals surface area contributed by atoms with Crippen LogP contribution in [0.15, 0.2) is 0 Å². The quantitative estimate of drug-likeness (QED) is 0.423. The molecule has 0 radical (unpaired) electrons. The van der Waals surface area contributed by atoms with Crippen molar-refractivity contribution in [1.29, 1.82) is 0 Å². The number of carbonyl (C=O) groups is 2. The molecule has 0 fully saturated rings. The van der Waals surface area contributed by atoms with E-state index in [-0.39, 0.29) is 10.5 Å². The van der Waals surface area contributed by atoms with E-state index in [9.17, 15) is 9.59 Å². The molecule has 2 unspecified atom stereocenters. The van der Waals surface area contributed by atoms with Crippen molar-refractivity contribution in [2.24, 2.45) is 0 Å². The van der Waals surface area contributed by atoms with E-state index in [2.05, 4.69) is 0 Å². The van der Waals surface area contributed by atoms with Gasteiger partial charge in [-0.05, 0) is 38.2 Å². The van der Waals surface area contributed by atoms with Gasteiger partial charge in [-0.25, -0.2) is 0 Å². The van der Waals surface area contributed by atoms with E-state index in [1.54, 1.807) is 13.8 Å². The van der Waals surface area contributed by atoms with Crippen LogP contribution in [-0.2, 0) is 9.59 Å². The third-order valence-electron chi connectivity index (χ3n) is 3.47. The first-order valence-corrected chi connectivity index (χ1v) is 10.2. The first-order chi connectivity index (χ1) is 10.4. The Morgan fingerprint density at radius 2 is 0.955 bits per heavy atom. The minimum atomic E-state index is -0.721. The molecule has 2 atom stereocenters. The smallest absolute Gasteiger partial charge is 0.316 e. The molecule has 0 aromatic rings. The molecule has 0 aliphatic heterocycles. The molecule has 0 amide bonds. The predicted molar refractivity (Wildman–Crippen MR) is 96.0 cm³/mol. The molecule has 2 N–H and O–H groups in total. The van der Waals surface area contributed by atoms with Crippen LogP contribution >= 0.6 is 23.5 Å². The van der Waals surface area contributed by atoms with E-state index in [0.717, 1.165) is 24.3 Å². The minimum Gasteiger partial charge on any atom is -0.480 e. The van der Waals surface area contributed by atoms with E-state index < -0.39 is 11.9 Å². The number of hydrogen-bond acceptors (Lipinski definition) is 4. The van der Waals surface area contributed by atoms with Crippen molar-refractivity contribution < 1.29 is 19.8 Å². The summed E-state index contributed by atoms with van der Waals surface area (Å²) in [6.45, 7) is 3.48. The predicted octanol–water partition coefficient (Wildman–Crippen LogP) is 4.52. The number of hydrogen-bond donors (Lipinski definition) is 2. The Morgan fingerprint density at radius 3 is 1.23 bits per heavy atom. The third-order valence-corrected chi connectivity index (χ3v) is 5.92. The molecular weight excluding hydrogens is 320 g/mol. The summed E-state index contributed by atoms with van der Waals surface area (Å²) >= 11 is 3.04. The normalized spacial score (nSPS) is 13.7. The molecule has 0 heterocycles. The second kappa shape index (κ2) is 14.2. The maximum Gasteiger partial charge on any atom is 0.316 e. The number of carboxylic acid groups (broad SMARTS) is 2. The molecule has 0 spiro atoms. The van der Waals surface area contributed by atoms with Gasteiger partial charge in [0.25, 0.3) is 0 Å². The molecule has 0 aromatic carbocycles. The number of rotatable bonds is 15. The molecular formula is C16H30O4S2. The van der Waals surface area contributed by atoms with Crippen molar-refractivity contribution in [2.75, 3.05) is 11.5 Å². The molecule has 0 aliphatic rings. The van der Waals surface area contributed by atoms with Gasteiger partial charge in [-0.3, -0.25) is 9.59 Å². The van der Waals surface area contributed by atoms with Crippen LogP contribution in [0.4, 0.5) is 0 Å². The zero-order valence-electron chi connectivity index (χ0n) is 13.8. The number of aliphatic carboxylic acids is 2. The van der Waals surface area contributed by atoms with Gasteiger partial charge in [0, 0.05) is 0 Å². The van der Waals surface area contributed by atoms with Crippen LogP contribution in [0.2, 0.25) is 0 Å². The van der Waals surface area contributed by atoms with E-state index in [1.165, 1.54) is 62.0 Å². The van der Waals surface area contributed by atoms with Crippen LogP contribution in [0.25, 0.3) is 0 Å². The van der Waals surface area contributed by atoms with Crippen molar-refractivity contribution in [2.45, 2.75) is 75.7 Å². The SMILES string of the molecule is CC(SCCCCCCCCCCSC(C)C(=O)O)C(=O)O. The second-order valence-electron chi connectivity index (χ2n) is 5.53. The van der Waals surface area contributed by atoms with Crippen LogP contribution < -0.4 is 0 Å². The van der Waals surface area contributed by atoms with Crippen molar-refractivity contribution in [3.8, 4) is 0 Å². The van der Waals surface area contributed by atoms with E-state index >= 15 is 0 Å². The summed E-state index contributed by atoms with van der Waals surface area (Å²) in [7, 11) is 0. The summed E-state index contributed by atoms with van der Waals surface area (Å²) in [4.78, 5) is 21.3. The summed E-state index contributed by atoms with van der Waals surface area (Å²) in [6.07, 6.45) is 9.53. The molecule has 0 rings (SSSR count). The van der Waals surface area contributed by atoms with Crippen LogP contribution in [0.1, 0.15) is 65.2 Å². The Morgan fingerprint density at radius 1 is 0.682 bits per heavy atom. The number of thioether (sulfide) groups is 2. The lowest BCUT2D eigenvalue weighted by Crippen LogP contribution is -2.11. The van der Waals surface area contributed by atoms with Gasteiger partial charge >= 0.3 is 11.9 Å². The Bertz CT molecular complexity index is 281. The zero-order chi connectivity index (χ0) is 16.8. The zero-order valence-corrected chi connectivity index (χ0v) is 15.4. The van der Waals surface area contributed by atoms with Crippen molar-refractivity contribution in [1.82, 2.24) is 0 Å². The van der Waals surface area contributed by atoms with Gasteiger partial charge in [0.2, 0.25) is 0 Å². The minimum absolute atomic E-state index is 0.290. The topological polar surface area (TPSA) is 74.6 Å². The largest absolute Gasteiger partial charge is 0.480 e. The maximum atomic E-state index is 10.6. The fourth-order valence-electron chi connectivity index (χ4n) is 1.93. The van der Waals surface area contributed by atoms with E-state index in [1.807, 2.05) is 0 Å². The van der Waals surface area contributed by atoms with E-state index in [0.29, 0.717) is 0 Å². The van der Waals surface area contributed by atoms with Crippen molar-refractivity contribution >= 4 is 35.5 Å². The van der Waals surface area contributed by atoms with Gasteiger partial charge in [-0.15, -0.1) is 23.5 Å². The van der Waals surface area contributed by atoms with Crippen molar-refractivity contribution in [3.63, 3.8) is 0 Å². The standard InChI is InChI=1S/C16H30O4S2/c1-13(15(17)18)21-11-9-7-5-3-4-6-8-10-12-22-14(2)16(19)20/h13-14H,3-12H2,1-2H3,(H,17,18)(H,19,20). The highest BCUT2D eigenvalue weighted by molar-refractivity contribution is 8.00. The van der Waals surface area contributed by atoms with Gasteiger partial charge in [0.1, 0.15) is 0 Å². The molecule has 22 heavy (non-hydrogen) atoms. The maximum absolute atomic E-state index is 10.6. The lowest BCUT2D eigenvalue weighted by Gasteiger charge is -2.06. The lowest BCUT2D eigenvalue weighted by atomic mass is 10.1. The van der Waals surface area contributed by atoms with Crippen LogP contribution in [0.3, 0.4) is 0 Å². The highest BCUT2D eigenvalue weighted by Crippen LogP contribution is 2.16. The highest BCUT2D eigenvalue weighted by atomic mass is 32.2. The number of unbranched alkanes of at least 4 members (excludes halogenated alkanes) is 7. The Hall–Kier alpha value is -0.360. The highest BCUT2D eigenvalue weighted by Gasteiger charge is 2.10. The molecule has 130 valence electrons. The average molecular weight is 351 g/mol. The first kappa shape index (κ1) is 21.6. The molecule has 0 aliphatic carbocycles. The molecule has 0 aromatic heterocycles. The van der Waals surface area contributed by atoms with E-state index in [4.69, 9.17) is 10.2 Å². The lowest BCUT2D eigenvalue weighted by molar-refractivity contribution is -0.137. The molecule has 0 saturated carbocycles. The summed E-state index contributed by atoms with van der Waals surface area (Å²) in [6, 6.07) is 0. The Kier molecular flexibility index (Phi) is 14.0. The van der Waals surface area contributed by atoms with Gasteiger partial charge in [0.15, 0.2) is 0 Å². The Balaban J connectivity index is 3.18. The second-order valence-corrected chi connectivity index (χ2v) is 8.43. The molecule has 4 nitrogen and oxygen atoms in total. The summed E-state index contributed by atoms with van der Waals surface area (Å²) in [5.41, 5.74) is 0. The van der Waals surface area contributed by atoms with Gasteiger partial charge in [-0.2, -0.15) is 0 Å². The van der Waals surface area contributed by atoms with Gasteiger partial charge in [0.05, 0.1) is 10.5 Å². The summed E-state index contributed by atoms with van der Waals surface area (Å²) < 4.78 is 0. The Labute approximate surface area is 142 Å². The van der Waals surface area contributed by atoms with Gasteiger partial charge in [-0.1, -0.05) is 38.5 Å². The third kappa shape index (κ3) is 13.3.